The van der Waals surface area contributed by atoms with Crippen molar-refractivity contribution >= 4 is 11.9 Å². The van der Waals surface area contributed by atoms with Gasteiger partial charge in [0.1, 0.15) is 11.4 Å². The number of aryl methyl sites for hydroxylation is 1. The number of carboxylic acid groups (broad SMARTS) is 1. The topological polar surface area (TPSA) is 106 Å². The lowest BCUT2D eigenvalue weighted by atomic mass is 9.84. The molecule has 2 aromatic carbocycles. The summed E-state index contributed by atoms with van der Waals surface area (Å²) in [6, 6.07) is 12.0. The summed E-state index contributed by atoms with van der Waals surface area (Å²) in [4.78, 5) is 27.2. The quantitative estimate of drug-likeness (QED) is 0.366. The third-order valence-electron chi connectivity index (χ3n) is 8.00. The lowest BCUT2D eigenvalue weighted by molar-refractivity contribution is 0.0578. The van der Waals surface area contributed by atoms with Crippen molar-refractivity contribution in [1.82, 2.24) is 29.7 Å². The largest absolute Gasteiger partial charge is 0.478 e. The molecule has 1 saturated heterocycles. The maximum Gasteiger partial charge on any atom is 0.339 e. The minimum absolute atomic E-state index is 0.000254. The number of aromatic carboxylic acids is 1. The fraction of sp³-hybridized carbons (Fsp3) is 0.367. The van der Waals surface area contributed by atoms with Crippen LogP contribution >= 0.6 is 0 Å². The van der Waals surface area contributed by atoms with E-state index in [9.17, 15) is 14.7 Å². The maximum absolute atomic E-state index is 15.9. The molecular formula is C30H31FN6O3. The number of rotatable bonds is 6. The highest BCUT2D eigenvalue weighted by Crippen LogP contribution is 2.55. The number of aromatic nitrogens is 5. The minimum Gasteiger partial charge on any atom is -0.478 e. The van der Waals surface area contributed by atoms with Crippen LogP contribution in [0, 0.1) is 11.2 Å². The minimum atomic E-state index is -1.06. The van der Waals surface area contributed by atoms with E-state index < -0.39 is 11.8 Å². The van der Waals surface area contributed by atoms with Crippen molar-refractivity contribution in [2.45, 2.75) is 44.9 Å². The number of carbonyl (C=O) groups excluding carboxylic acids is 1. The number of halogens is 1. The average molecular weight is 543 g/mol. The highest BCUT2D eigenvalue weighted by atomic mass is 19.1. The Labute approximate surface area is 231 Å². The zero-order valence-electron chi connectivity index (χ0n) is 22.7. The number of hydrogen-bond acceptors (Lipinski definition) is 5. The molecule has 10 heteroatoms. The van der Waals surface area contributed by atoms with E-state index in [1.165, 1.54) is 12.3 Å². The first-order valence-electron chi connectivity index (χ1n) is 13.5. The monoisotopic (exact) mass is 542 g/mol. The second-order valence-corrected chi connectivity index (χ2v) is 11.6. The summed E-state index contributed by atoms with van der Waals surface area (Å²) in [6.45, 7) is 5.46. The number of benzene rings is 2. The Morgan fingerprint density at radius 3 is 2.62 bits per heavy atom. The van der Waals surface area contributed by atoms with Gasteiger partial charge < -0.3 is 10.0 Å². The van der Waals surface area contributed by atoms with Gasteiger partial charge in [-0.15, -0.1) is 5.10 Å². The molecule has 3 heterocycles. The van der Waals surface area contributed by atoms with Crippen molar-refractivity contribution < 1.29 is 19.1 Å². The smallest absolute Gasteiger partial charge is 0.339 e. The van der Waals surface area contributed by atoms with Crippen LogP contribution in [0.15, 0.2) is 54.9 Å². The summed E-state index contributed by atoms with van der Waals surface area (Å²) < 4.78 is 19.1. The maximum atomic E-state index is 15.9. The van der Waals surface area contributed by atoms with Crippen LogP contribution < -0.4 is 0 Å². The molecule has 2 atom stereocenters. The van der Waals surface area contributed by atoms with Crippen molar-refractivity contribution in [2.24, 2.45) is 12.5 Å². The highest BCUT2D eigenvalue weighted by Gasteiger charge is 2.46. The van der Waals surface area contributed by atoms with Gasteiger partial charge in [0.05, 0.1) is 28.8 Å². The summed E-state index contributed by atoms with van der Waals surface area (Å²) in [6.07, 6.45) is 5.86. The normalized spacial score (nSPS) is 19.9. The highest BCUT2D eigenvalue weighted by molar-refractivity contribution is 5.96. The van der Waals surface area contributed by atoms with Crippen LogP contribution in [0.5, 0.6) is 0 Å². The van der Waals surface area contributed by atoms with E-state index in [2.05, 4.69) is 29.3 Å². The van der Waals surface area contributed by atoms with Gasteiger partial charge in [0.15, 0.2) is 0 Å². The van der Waals surface area contributed by atoms with E-state index in [0.29, 0.717) is 35.6 Å². The van der Waals surface area contributed by atoms with E-state index in [4.69, 9.17) is 0 Å². The van der Waals surface area contributed by atoms with Crippen LogP contribution in [0.1, 0.15) is 77.0 Å². The van der Waals surface area contributed by atoms with Crippen LogP contribution in [-0.2, 0) is 7.05 Å². The molecule has 6 rings (SSSR count). The average Bonchev–Trinajstić information content (AvgIpc) is 3.37. The van der Waals surface area contributed by atoms with Gasteiger partial charge in [-0.2, -0.15) is 5.10 Å². The molecular weight excluding hydrogens is 511 g/mol. The van der Waals surface area contributed by atoms with Crippen LogP contribution in [0.3, 0.4) is 0 Å². The van der Waals surface area contributed by atoms with Crippen LogP contribution in [0.25, 0.3) is 16.8 Å². The van der Waals surface area contributed by atoms with Crippen molar-refractivity contribution in [3.05, 3.63) is 83.2 Å². The lowest BCUT2D eigenvalue weighted by Gasteiger charge is -2.38. The fourth-order valence-electron chi connectivity index (χ4n) is 5.94. The number of likely N-dealkylation sites (tertiary alicyclic amines) is 1. The third-order valence-corrected chi connectivity index (χ3v) is 8.00. The SMILES string of the molecule is Cn1cc(C2CC2c2c(C(=O)O)cnn2-c2cccc(-c3cccc(C(=O)N4CCCC(C)(C)C4)c3F)c2)nn1. The van der Waals surface area contributed by atoms with Gasteiger partial charge in [-0.05, 0) is 48.4 Å². The second-order valence-electron chi connectivity index (χ2n) is 11.6. The molecule has 206 valence electrons. The molecule has 2 unspecified atom stereocenters. The third kappa shape index (κ3) is 4.67. The van der Waals surface area contributed by atoms with Crippen LogP contribution in [-0.4, -0.2) is 59.7 Å². The van der Waals surface area contributed by atoms with Gasteiger partial charge >= 0.3 is 5.97 Å². The summed E-state index contributed by atoms with van der Waals surface area (Å²) in [5, 5.41) is 22.5. The molecule has 2 fully saturated rings. The van der Waals surface area contributed by atoms with Crippen molar-refractivity contribution in [3.8, 4) is 16.8 Å². The zero-order valence-corrected chi connectivity index (χ0v) is 22.7. The number of nitrogens with zero attached hydrogens (tertiary/aromatic N) is 6. The number of carbonyl (C=O) groups is 2. The lowest BCUT2D eigenvalue weighted by Crippen LogP contribution is -2.43. The van der Waals surface area contributed by atoms with Crippen molar-refractivity contribution in [1.29, 1.82) is 0 Å². The number of piperidine rings is 1. The molecule has 2 aliphatic rings. The van der Waals surface area contributed by atoms with E-state index in [1.807, 2.05) is 12.3 Å². The van der Waals surface area contributed by atoms with Crippen molar-refractivity contribution in [3.63, 3.8) is 0 Å². The Balaban J connectivity index is 1.34. The first-order chi connectivity index (χ1) is 19.1. The van der Waals surface area contributed by atoms with Crippen LogP contribution in [0.4, 0.5) is 4.39 Å². The molecule has 1 amide bonds. The van der Waals surface area contributed by atoms with Gasteiger partial charge in [-0.25, -0.2) is 13.9 Å². The molecule has 2 aromatic heterocycles. The number of amides is 1. The van der Waals surface area contributed by atoms with Crippen LogP contribution in [0.2, 0.25) is 0 Å². The Bertz CT molecular complexity index is 1620. The van der Waals surface area contributed by atoms with Gasteiger partial charge in [0, 0.05) is 43.7 Å². The predicted octanol–water partition coefficient (Wildman–Crippen LogP) is 5.04. The molecule has 1 N–H and O–H groups in total. The molecule has 0 bridgehead atoms. The first-order valence-corrected chi connectivity index (χ1v) is 13.5. The molecule has 40 heavy (non-hydrogen) atoms. The molecule has 9 nitrogen and oxygen atoms in total. The Kier molecular flexibility index (Phi) is 6.28. The molecule has 4 aromatic rings. The summed E-state index contributed by atoms with van der Waals surface area (Å²) in [5.74, 6) is -1.96. The van der Waals surface area contributed by atoms with Gasteiger partial charge in [0.25, 0.3) is 5.91 Å². The predicted molar refractivity (Wildman–Crippen MR) is 146 cm³/mol. The molecule has 1 aliphatic carbocycles. The number of carboxylic acids is 1. The van der Waals surface area contributed by atoms with Gasteiger partial charge in [-0.3, -0.25) is 9.48 Å². The van der Waals surface area contributed by atoms with Gasteiger partial charge in [0.2, 0.25) is 0 Å². The van der Waals surface area contributed by atoms with E-state index >= 15 is 4.39 Å². The summed E-state index contributed by atoms with van der Waals surface area (Å²) >= 11 is 0. The molecule has 0 radical (unpaired) electrons. The first kappa shape index (κ1) is 25.9. The number of hydrogen-bond donors (Lipinski definition) is 1. The molecule has 1 aliphatic heterocycles. The Morgan fingerprint density at radius 2 is 1.90 bits per heavy atom. The molecule has 0 spiro atoms. The summed E-state index contributed by atoms with van der Waals surface area (Å²) in [5.41, 5.74) is 3.06. The van der Waals surface area contributed by atoms with Crippen molar-refractivity contribution in [2.75, 3.05) is 13.1 Å². The van der Waals surface area contributed by atoms with E-state index in [0.717, 1.165) is 25.0 Å². The molecule has 1 saturated carbocycles. The van der Waals surface area contributed by atoms with E-state index in [1.54, 1.807) is 51.6 Å². The zero-order chi connectivity index (χ0) is 28.2. The Morgan fingerprint density at radius 1 is 1.10 bits per heavy atom. The van der Waals surface area contributed by atoms with E-state index in [-0.39, 0.29) is 34.3 Å². The second kappa shape index (κ2) is 9.69. The summed E-state index contributed by atoms with van der Waals surface area (Å²) in [7, 11) is 1.79. The standard InChI is InChI=1S/C30H31FN6O3/c1-30(2)11-6-12-36(17-30)28(38)21-10-5-9-20(26(21)31)18-7-4-8-19(13-18)37-27(24(15-32-37)29(39)40)23-14-22(23)25-16-35(3)34-33-25/h4-5,7-10,13,15-16,22-23H,6,11-12,14,17H2,1-3H3,(H,39,40). The Hall–Kier alpha value is -4.34. The van der Waals surface area contributed by atoms with Gasteiger partial charge in [-0.1, -0.05) is 43.3 Å². The fourth-order valence-corrected chi connectivity index (χ4v) is 5.94.